The molecule has 0 aliphatic heterocycles. The summed E-state index contributed by atoms with van der Waals surface area (Å²) in [4.78, 5) is 27.4. The van der Waals surface area contributed by atoms with Crippen LogP contribution in [0.15, 0.2) is 23.0 Å². The third kappa shape index (κ3) is 3.05. The predicted octanol–water partition coefficient (Wildman–Crippen LogP) is 2.61. The fourth-order valence-electron chi connectivity index (χ4n) is 2.09. The van der Waals surface area contributed by atoms with Crippen molar-refractivity contribution in [2.75, 3.05) is 0 Å². The second-order valence-corrected chi connectivity index (χ2v) is 5.41. The van der Waals surface area contributed by atoms with Gasteiger partial charge in [0.05, 0.1) is 10.9 Å². The molecule has 0 saturated carbocycles. The number of H-pyrrole nitrogens is 1. The smallest absolute Gasteiger partial charge is 0.262 e. The lowest BCUT2D eigenvalue weighted by Gasteiger charge is -2.12. The zero-order chi connectivity index (χ0) is 15.6. The van der Waals surface area contributed by atoms with E-state index in [0.717, 1.165) is 6.42 Å². The maximum atomic E-state index is 12.3. The van der Waals surface area contributed by atoms with E-state index in [1.807, 2.05) is 20.8 Å². The molecule has 0 spiro atoms. The molecule has 0 aliphatic rings. The molecule has 2 rings (SSSR count). The topological polar surface area (TPSA) is 66.9 Å². The molecule has 5 nitrogen and oxygen atoms in total. The van der Waals surface area contributed by atoms with Crippen molar-refractivity contribution in [3.8, 4) is 0 Å². The summed E-state index contributed by atoms with van der Waals surface area (Å²) in [6.07, 6.45) is 0.864. The Labute approximate surface area is 128 Å². The maximum absolute atomic E-state index is 12.3. The number of fused-ring (bicyclic) bond motifs is 1. The fourth-order valence-corrected chi connectivity index (χ4v) is 2.41. The minimum atomic E-state index is -0.148. The van der Waals surface area contributed by atoms with Gasteiger partial charge in [-0.15, -0.1) is 0 Å². The van der Waals surface area contributed by atoms with Crippen molar-refractivity contribution >= 4 is 29.0 Å². The van der Waals surface area contributed by atoms with E-state index in [4.69, 9.17) is 12.2 Å². The highest BCUT2D eigenvalue weighted by molar-refractivity contribution is 7.71. The molecule has 112 valence electrons. The largest absolute Gasteiger partial charge is 0.350 e. The summed E-state index contributed by atoms with van der Waals surface area (Å²) in [5, 5.41) is 3.43. The van der Waals surface area contributed by atoms with E-state index in [1.165, 1.54) is 4.57 Å². The van der Waals surface area contributed by atoms with Crippen LogP contribution in [-0.2, 0) is 6.54 Å². The first-order valence-corrected chi connectivity index (χ1v) is 7.46. The molecular weight excluding hydrogens is 286 g/mol. The molecule has 1 atom stereocenters. The Morgan fingerprint density at radius 1 is 1.43 bits per heavy atom. The lowest BCUT2D eigenvalue weighted by Crippen LogP contribution is -2.32. The average Bonchev–Trinajstić information content (AvgIpc) is 2.46. The first-order valence-electron chi connectivity index (χ1n) is 7.05. The molecule has 0 saturated heterocycles. The van der Waals surface area contributed by atoms with Crippen molar-refractivity contribution in [3.63, 3.8) is 0 Å². The summed E-state index contributed by atoms with van der Waals surface area (Å²) < 4.78 is 1.87. The van der Waals surface area contributed by atoms with Gasteiger partial charge in [-0.1, -0.05) is 6.92 Å². The Morgan fingerprint density at radius 2 is 2.14 bits per heavy atom. The maximum Gasteiger partial charge on any atom is 0.262 e. The molecule has 1 aromatic carbocycles. The fraction of sp³-hybridized carbons (Fsp3) is 0.400. The van der Waals surface area contributed by atoms with Gasteiger partial charge >= 0.3 is 0 Å². The average molecular weight is 305 g/mol. The molecule has 0 bridgehead atoms. The van der Waals surface area contributed by atoms with Gasteiger partial charge in [0.25, 0.3) is 11.5 Å². The molecule has 1 aromatic heterocycles. The molecular formula is C15H19N3O2S. The number of nitrogens with zero attached hydrogens (tertiary/aromatic N) is 1. The number of aromatic amines is 1. The molecule has 6 heteroatoms. The molecule has 1 unspecified atom stereocenters. The number of amides is 1. The van der Waals surface area contributed by atoms with E-state index in [1.54, 1.807) is 18.2 Å². The summed E-state index contributed by atoms with van der Waals surface area (Å²) in [6.45, 7) is 6.34. The zero-order valence-electron chi connectivity index (χ0n) is 12.4. The molecule has 0 aliphatic carbocycles. The second-order valence-electron chi connectivity index (χ2n) is 5.02. The molecule has 2 N–H and O–H groups in total. The lowest BCUT2D eigenvalue weighted by atomic mass is 10.1. The number of carbonyl (C=O) groups is 1. The van der Waals surface area contributed by atoms with Crippen LogP contribution in [0.2, 0.25) is 0 Å². The van der Waals surface area contributed by atoms with Crippen LogP contribution in [-0.4, -0.2) is 21.5 Å². The van der Waals surface area contributed by atoms with Gasteiger partial charge in [0.2, 0.25) is 0 Å². The summed E-state index contributed by atoms with van der Waals surface area (Å²) >= 11 is 5.17. The van der Waals surface area contributed by atoms with E-state index in [-0.39, 0.29) is 17.5 Å². The van der Waals surface area contributed by atoms with Crippen LogP contribution >= 0.6 is 12.2 Å². The molecule has 2 aromatic rings. The lowest BCUT2D eigenvalue weighted by molar-refractivity contribution is 0.0939. The van der Waals surface area contributed by atoms with Gasteiger partial charge in [0.1, 0.15) is 0 Å². The summed E-state index contributed by atoms with van der Waals surface area (Å²) in [5.41, 5.74) is 0.971. The van der Waals surface area contributed by atoms with E-state index in [9.17, 15) is 9.59 Å². The number of hydrogen-bond donors (Lipinski definition) is 2. The van der Waals surface area contributed by atoms with Crippen molar-refractivity contribution in [3.05, 3.63) is 38.9 Å². The molecule has 0 radical (unpaired) electrons. The quantitative estimate of drug-likeness (QED) is 0.853. The number of hydrogen-bond acceptors (Lipinski definition) is 3. The Kier molecular flexibility index (Phi) is 4.57. The van der Waals surface area contributed by atoms with Gasteiger partial charge in [0.15, 0.2) is 4.77 Å². The van der Waals surface area contributed by atoms with Crippen LogP contribution in [0.3, 0.4) is 0 Å². The van der Waals surface area contributed by atoms with Gasteiger partial charge < -0.3 is 10.3 Å². The highest BCUT2D eigenvalue weighted by Crippen LogP contribution is 2.11. The molecule has 21 heavy (non-hydrogen) atoms. The Morgan fingerprint density at radius 3 is 2.76 bits per heavy atom. The van der Waals surface area contributed by atoms with E-state index < -0.39 is 0 Å². The first-order chi connectivity index (χ1) is 9.97. The monoisotopic (exact) mass is 305 g/mol. The third-order valence-corrected chi connectivity index (χ3v) is 3.87. The number of rotatable bonds is 4. The summed E-state index contributed by atoms with van der Waals surface area (Å²) in [5.74, 6) is -0.148. The van der Waals surface area contributed by atoms with Crippen LogP contribution in [0.4, 0.5) is 0 Å². The summed E-state index contributed by atoms with van der Waals surface area (Å²) in [6, 6.07) is 5.11. The van der Waals surface area contributed by atoms with E-state index in [0.29, 0.717) is 27.8 Å². The first kappa shape index (κ1) is 15.4. The van der Waals surface area contributed by atoms with Gasteiger partial charge in [-0.05, 0) is 50.7 Å². The molecule has 0 fully saturated rings. The second kappa shape index (κ2) is 6.22. The third-order valence-electron chi connectivity index (χ3n) is 3.55. The Bertz CT molecular complexity index is 792. The number of benzene rings is 1. The minimum absolute atomic E-state index is 0.111. The van der Waals surface area contributed by atoms with Crippen molar-refractivity contribution in [2.24, 2.45) is 0 Å². The van der Waals surface area contributed by atoms with Gasteiger partial charge in [-0.2, -0.15) is 0 Å². The SMILES string of the molecule is CCC(C)NC(=O)c1ccc2c(=O)n(CC)c(=S)[nH]c2c1. The predicted molar refractivity (Wildman–Crippen MR) is 86.3 cm³/mol. The molecule has 1 amide bonds. The van der Waals surface area contributed by atoms with Crippen LogP contribution in [0.5, 0.6) is 0 Å². The zero-order valence-corrected chi connectivity index (χ0v) is 13.2. The van der Waals surface area contributed by atoms with Crippen molar-refractivity contribution in [1.82, 2.24) is 14.9 Å². The van der Waals surface area contributed by atoms with Crippen LogP contribution in [0, 0.1) is 4.77 Å². The Balaban J connectivity index is 2.50. The normalized spacial score (nSPS) is 12.3. The van der Waals surface area contributed by atoms with Crippen molar-refractivity contribution in [2.45, 2.75) is 39.8 Å². The van der Waals surface area contributed by atoms with Crippen LogP contribution in [0.1, 0.15) is 37.6 Å². The highest BCUT2D eigenvalue weighted by atomic mass is 32.1. The van der Waals surface area contributed by atoms with Crippen molar-refractivity contribution < 1.29 is 4.79 Å². The van der Waals surface area contributed by atoms with Crippen molar-refractivity contribution in [1.29, 1.82) is 0 Å². The number of aromatic nitrogens is 2. The number of nitrogens with one attached hydrogen (secondary N) is 2. The minimum Gasteiger partial charge on any atom is -0.350 e. The molecule has 1 heterocycles. The number of carbonyl (C=O) groups excluding carboxylic acids is 1. The van der Waals surface area contributed by atoms with Gasteiger partial charge in [0, 0.05) is 18.2 Å². The van der Waals surface area contributed by atoms with E-state index in [2.05, 4.69) is 10.3 Å². The van der Waals surface area contributed by atoms with Crippen LogP contribution < -0.4 is 10.9 Å². The Hall–Kier alpha value is -1.95. The standard InChI is InChI=1S/C15H19N3O2S/c1-4-9(3)16-13(19)10-6-7-11-12(8-10)17-15(21)18(5-2)14(11)20/h6-9H,4-5H2,1-3H3,(H,16,19)(H,17,21). The summed E-state index contributed by atoms with van der Waals surface area (Å²) in [7, 11) is 0. The van der Waals surface area contributed by atoms with Gasteiger partial charge in [-0.3, -0.25) is 14.2 Å². The highest BCUT2D eigenvalue weighted by Gasteiger charge is 2.11. The van der Waals surface area contributed by atoms with Gasteiger partial charge in [-0.25, -0.2) is 0 Å². The van der Waals surface area contributed by atoms with E-state index >= 15 is 0 Å². The van der Waals surface area contributed by atoms with Crippen LogP contribution in [0.25, 0.3) is 10.9 Å².